The topological polar surface area (TPSA) is 93.4 Å². The van der Waals surface area contributed by atoms with E-state index < -0.39 is 5.91 Å². The summed E-state index contributed by atoms with van der Waals surface area (Å²) in [6.45, 7) is 4.83. The van der Waals surface area contributed by atoms with Gasteiger partial charge in [-0.3, -0.25) is 9.59 Å². The highest BCUT2D eigenvalue weighted by molar-refractivity contribution is 6.00. The Morgan fingerprint density at radius 3 is 2.40 bits per heavy atom. The number of anilines is 2. The molecule has 0 saturated heterocycles. The van der Waals surface area contributed by atoms with Crippen molar-refractivity contribution in [1.29, 1.82) is 0 Å². The van der Waals surface area contributed by atoms with Gasteiger partial charge in [-0.25, -0.2) is 0 Å². The normalized spacial score (nSPS) is 10.4. The quantitative estimate of drug-likeness (QED) is 0.688. The lowest BCUT2D eigenvalue weighted by molar-refractivity contribution is -0.114. The summed E-state index contributed by atoms with van der Waals surface area (Å²) < 4.78 is 5.60. The first kappa shape index (κ1) is 18.3. The smallest absolute Gasteiger partial charge is 0.250 e. The summed E-state index contributed by atoms with van der Waals surface area (Å²) >= 11 is 0. The molecule has 0 saturated carbocycles. The molecule has 2 rings (SSSR count). The molecule has 0 aliphatic rings. The molecule has 6 nitrogen and oxygen atoms in total. The van der Waals surface area contributed by atoms with Crippen molar-refractivity contribution in [3.05, 3.63) is 54.1 Å². The van der Waals surface area contributed by atoms with Crippen molar-refractivity contribution in [2.75, 3.05) is 23.8 Å². The molecule has 0 fully saturated rings. The molecule has 0 radical (unpaired) electrons. The highest BCUT2D eigenvalue weighted by atomic mass is 16.5. The zero-order valence-electron chi connectivity index (χ0n) is 14.4. The fourth-order valence-corrected chi connectivity index (χ4v) is 2.13. The van der Waals surface area contributed by atoms with Gasteiger partial charge in [0, 0.05) is 11.4 Å². The summed E-state index contributed by atoms with van der Waals surface area (Å²) in [6, 6.07) is 14.0. The van der Waals surface area contributed by atoms with Gasteiger partial charge < -0.3 is 21.1 Å². The molecular formula is C19H23N3O3. The van der Waals surface area contributed by atoms with Crippen LogP contribution in [0, 0.1) is 5.92 Å². The molecule has 0 bridgehead atoms. The minimum Gasteiger partial charge on any atom is -0.493 e. The number of nitrogens with two attached hydrogens (primary N) is 1. The van der Waals surface area contributed by atoms with Crippen molar-refractivity contribution in [3.8, 4) is 5.75 Å². The molecule has 25 heavy (non-hydrogen) atoms. The Morgan fingerprint density at radius 1 is 1.08 bits per heavy atom. The van der Waals surface area contributed by atoms with Gasteiger partial charge in [-0.15, -0.1) is 0 Å². The third-order valence-electron chi connectivity index (χ3n) is 3.35. The van der Waals surface area contributed by atoms with E-state index in [1.165, 1.54) is 0 Å². The second kappa shape index (κ2) is 8.73. The van der Waals surface area contributed by atoms with E-state index in [-0.39, 0.29) is 12.5 Å². The maximum Gasteiger partial charge on any atom is 0.250 e. The molecule has 4 N–H and O–H groups in total. The van der Waals surface area contributed by atoms with Crippen molar-refractivity contribution < 1.29 is 14.3 Å². The van der Waals surface area contributed by atoms with Crippen LogP contribution in [0.5, 0.6) is 5.75 Å². The Kier molecular flexibility index (Phi) is 6.39. The van der Waals surface area contributed by atoms with Crippen LogP contribution in [0.15, 0.2) is 48.5 Å². The van der Waals surface area contributed by atoms with Crippen LogP contribution < -0.4 is 21.1 Å². The van der Waals surface area contributed by atoms with Gasteiger partial charge in [-0.2, -0.15) is 0 Å². The molecule has 2 amide bonds. The summed E-state index contributed by atoms with van der Waals surface area (Å²) in [5.74, 6) is 0.449. The number of para-hydroxylation sites is 1. The molecule has 0 atom stereocenters. The highest BCUT2D eigenvalue weighted by Gasteiger charge is 2.08. The van der Waals surface area contributed by atoms with Crippen LogP contribution in [0.4, 0.5) is 11.4 Å². The van der Waals surface area contributed by atoms with Gasteiger partial charge >= 0.3 is 0 Å². The second-order valence-electron chi connectivity index (χ2n) is 6.04. The minimum absolute atomic E-state index is 0.0237. The summed E-state index contributed by atoms with van der Waals surface area (Å²) in [7, 11) is 0. The highest BCUT2D eigenvalue weighted by Crippen LogP contribution is 2.17. The standard InChI is InChI=1S/C19H23N3O3/c1-13(2)12-25-15-9-7-14(8-10-15)22-18(23)11-21-17-6-4-3-5-16(17)19(20)24/h3-10,13,21H,11-12H2,1-2H3,(H2,20,24)(H,22,23). The number of hydrogen-bond acceptors (Lipinski definition) is 4. The van der Waals surface area contributed by atoms with E-state index >= 15 is 0 Å². The van der Waals surface area contributed by atoms with Gasteiger partial charge in [0.15, 0.2) is 0 Å². The number of primary amides is 1. The number of nitrogens with one attached hydrogen (secondary N) is 2. The fourth-order valence-electron chi connectivity index (χ4n) is 2.13. The molecular weight excluding hydrogens is 318 g/mol. The third kappa shape index (κ3) is 5.84. The first-order valence-electron chi connectivity index (χ1n) is 8.11. The number of carbonyl (C=O) groups is 2. The molecule has 0 heterocycles. The van der Waals surface area contributed by atoms with Gasteiger partial charge in [0.05, 0.1) is 18.7 Å². The van der Waals surface area contributed by atoms with E-state index in [9.17, 15) is 9.59 Å². The van der Waals surface area contributed by atoms with Crippen LogP contribution in [-0.2, 0) is 4.79 Å². The van der Waals surface area contributed by atoms with Crippen LogP contribution in [0.25, 0.3) is 0 Å². The molecule has 132 valence electrons. The molecule has 0 unspecified atom stereocenters. The third-order valence-corrected chi connectivity index (χ3v) is 3.35. The van der Waals surface area contributed by atoms with Gasteiger partial charge in [0.25, 0.3) is 5.91 Å². The van der Waals surface area contributed by atoms with E-state index in [1.54, 1.807) is 36.4 Å². The summed E-state index contributed by atoms with van der Waals surface area (Å²) in [6.07, 6.45) is 0. The van der Waals surface area contributed by atoms with E-state index in [2.05, 4.69) is 24.5 Å². The van der Waals surface area contributed by atoms with Crippen molar-refractivity contribution in [1.82, 2.24) is 0 Å². The average molecular weight is 341 g/mol. The maximum atomic E-state index is 12.0. The Morgan fingerprint density at radius 2 is 1.76 bits per heavy atom. The number of hydrogen-bond donors (Lipinski definition) is 3. The van der Waals surface area contributed by atoms with Gasteiger partial charge in [-0.05, 0) is 42.3 Å². The predicted octanol–water partition coefficient (Wildman–Crippen LogP) is 2.87. The molecule has 6 heteroatoms. The van der Waals surface area contributed by atoms with Crippen LogP contribution in [0.1, 0.15) is 24.2 Å². The number of benzene rings is 2. The largest absolute Gasteiger partial charge is 0.493 e. The van der Waals surface area contributed by atoms with Crippen molar-refractivity contribution in [2.24, 2.45) is 11.7 Å². The van der Waals surface area contributed by atoms with Crippen LogP contribution in [0.3, 0.4) is 0 Å². The van der Waals surface area contributed by atoms with E-state index in [4.69, 9.17) is 10.5 Å². The monoisotopic (exact) mass is 341 g/mol. The van der Waals surface area contributed by atoms with Crippen LogP contribution >= 0.6 is 0 Å². The average Bonchev–Trinajstić information content (AvgIpc) is 2.59. The number of amides is 2. The lowest BCUT2D eigenvalue weighted by Crippen LogP contribution is -2.23. The van der Waals surface area contributed by atoms with Crippen LogP contribution in [0.2, 0.25) is 0 Å². The second-order valence-corrected chi connectivity index (χ2v) is 6.04. The zero-order chi connectivity index (χ0) is 18.2. The van der Waals surface area contributed by atoms with Crippen molar-refractivity contribution >= 4 is 23.2 Å². The lowest BCUT2D eigenvalue weighted by Gasteiger charge is -2.11. The first-order valence-corrected chi connectivity index (χ1v) is 8.11. The maximum absolute atomic E-state index is 12.0. The molecule has 0 aromatic heterocycles. The Hall–Kier alpha value is -3.02. The molecule has 0 spiro atoms. The Bertz CT molecular complexity index is 727. The molecule has 2 aromatic rings. The van der Waals surface area contributed by atoms with E-state index in [0.29, 0.717) is 29.5 Å². The minimum atomic E-state index is -0.541. The van der Waals surface area contributed by atoms with Crippen LogP contribution in [-0.4, -0.2) is 25.0 Å². The summed E-state index contributed by atoms with van der Waals surface area (Å²) in [4.78, 5) is 23.4. The van der Waals surface area contributed by atoms with Crippen molar-refractivity contribution in [2.45, 2.75) is 13.8 Å². The molecule has 2 aromatic carbocycles. The number of ether oxygens (including phenoxy) is 1. The fraction of sp³-hybridized carbons (Fsp3) is 0.263. The summed E-state index contributed by atoms with van der Waals surface area (Å²) in [5.41, 5.74) is 6.86. The first-order chi connectivity index (χ1) is 12.0. The van der Waals surface area contributed by atoms with Crippen molar-refractivity contribution in [3.63, 3.8) is 0 Å². The summed E-state index contributed by atoms with van der Waals surface area (Å²) in [5, 5.41) is 5.70. The number of carbonyl (C=O) groups excluding carboxylic acids is 2. The number of rotatable bonds is 8. The van der Waals surface area contributed by atoms with Gasteiger partial charge in [-0.1, -0.05) is 26.0 Å². The lowest BCUT2D eigenvalue weighted by atomic mass is 10.1. The SMILES string of the molecule is CC(C)COc1ccc(NC(=O)CNc2ccccc2C(N)=O)cc1. The van der Waals surface area contributed by atoms with E-state index in [0.717, 1.165) is 5.75 Å². The molecule has 0 aliphatic heterocycles. The molecule has 0 aliphatic carbocycles. The van der Waals surface area contributed by atoms with Gasteiger partial charge in [0.2, 0.25) is 5.91 Å². The Balaban J connectivity index is 1.87. The predicted molar refractivity (Wildman–Crippen MR) is 98.9 cm³/mol. The zero-order valence-corrected chi connectivity index (χ0v) is 14.4. The Labute approximate surface area is 147 Å². The van der Waals surface area contributed by atoms with Gasteiger partial charge in [0.1, 0.15) is 5.75 Å². The van der Waals surface area contributed by atoms with E-state index in [1.807, 2.05) is 12.1 Å².